The molecule has 428 valence electrons. The summed E-state index contributed by atoms with van der Waals surface area (Å²) >= 11 is 6.70. The number of H-pyrrole nitrogens is 1. The molecule has 2 fully saturated rings. The van der Waals surface area contributed by atoms with Crippen molar-refractivity contribution in [3.63, 3.8) is 0 Å². The van der Waals surface area contributed by atoms with Crippen molar-refractivity contribution >= 4 is 75.4 Å². The number of carbonyl (C=O) groups excluding carboxylic acids is 7. The molecule has 2 aliphatic carbocycles. The molecule has 7 rings (SSSR count). The molecular weight excluding hydrogens is 1030 g/mol. The third-order valence-electron chi connectivity index (χ3n) is 13.6. The van der Waals surface area contributed by atoms with Gasteiger partial charge in [-0.2, -0.15) is 5.10 Å². The maximum Gasteiger partial charge on any atom is 0.269 e. The van der Waals surface area contributed by atoms with Crippen LogP contribution < -0.4 is 37.2 Å². The Kier molecular flexibility index (Phi) is 28.6. The van der Waals surface area contributed by atoms with E-state index in [1.807, 2.05) is 24.6 Å². The maximum absolute atomic E-state index is 12.4. The number of rotatable bonds is 29. The molecule has 22 heteroatoms. The monoisotopic (exact) mass is 1120 g/mol. The van der Waals surface area contributed by atoms with Gasteiger partial charge in [-0.25, -0.2) is 14.8 Å². The van der Waals surface area contributed by atoms with E-state index >= 15 is 0 Å². The van der Waals surface area contributed by atoms with Crippen molar-refractivity contribution in [1.82, 2.24) is 50.4 Å². The lowest BCUT2D eigenvalue weighted by molar-refractivity contribution is -0.122. The number of amides is 7. The number of nitrogens with two attached hydrogens (primary N) is 1. The first-order valence-corrected chi connectivity index (χ1v) is 29.5. The summed E-state index contributed by atoms with van der Waals surface area (Å²) in [4.78, 5) is 97.1. The molecule has 0 saturated heterocycles. The molecule has 1 aliphatic heterocycles. The number of anilines is 2. The molecule has 0 bridgehead atoms. The largest absolute Gasteiger partial charge is 0.356 e. The summed E-state index contributed by atoms with van der Waals surface area (Å²) in [6, 6.07) is 8.86. The summed E-state index contributed by atoms with van der Waals surface area (Å²) in [7, 11) is 0. The van der Waals surface area contributed by atoms with Crippen molar-refractivity contribution in [1.29, 1.82) is 0 Å². The Bertz CT molecular complexity index is 2450. The molecule has 0 spiro atoms. The number of nitrogens with zero attached hydrogens (tertiary/aromatic N) is 5. The molecule has 0 atom stereocenters. The van der Waals surface area contributed by atoms with Crippen LogP contribution in [0.15, 0.2) is 48.2 Å². The lowest BCUT2D eigenvalue weighted by Crippen LogP contribution is -2.37. The molecule has 0 radical (unpaired) electrons. The Morgan fingerprint density at radius 3 is 2.08 bits per heavy atom. The molecule has 7 amide bonds. The fraction of sp³-hybridized carbons (Fsp3) is 0.607. The van der Waals surface area contributed by atoms with E-state index in [0.29, 0.717) is 90.2 Å². The third-order valence-corrected chi connectivity index (χ3v) is 14.6. The van der Waals surface area contributed by atoms with Crippen LogP contribution >= 0.6 is 23.1 Å². The quantitative estimate of drug-likeness (QED) is 0.0145. The Balaban J connectivity index is 0.000000218. The SMILES string of the molecule is CC(C)CC(=O)Nc1nc(CC(=O)NCCCCCNCl)cs1.NCCCCCCNC(=O)c1cc(NC(=O)CC2CCCCC2)n[nH]1.O=C(Cc1cn(CCCCN2C(=O)c3ccccc3C2=O)cn1)NC1CCCCC1. The van der Waals surface area contributed by atoms with E-state index in [2.05, 4.69) is 51.6 Å². The van der Waals surface area contributed by atoms with E-state index in [-0.39, 0.29) is 47.8 Å². The van der Waals surface area contributed by atoms with E-state index < -0.39 is 0 Å². The first-order valence-electron chi connectivity index (χ1n) is 28.2. The number of thiazole rings is 1. The third kappa shape index (κ3) is 23.5. The summed E-state index contributed by atoms with van der Waals surface area (Å²) in [5, 5.41) is 23.4. The van der Waals surface area contributed by atoms with Crippen LogP contribution in [0.3, 0.4) is 0 Å². The molecule has 4 aromatic rings. The summed E-state index contributed by atoms with van der Waals surface area (Å²) < 4.78 is 1.96. The molecule has 20 nitrogen and oxygen atoms in total. The fourth-order valence-electron chi connectivity index (χ4n) is 9.52. The van der Waals surface area contributed by atoms with Crippen molar-refractivity contribution in [3.05, 3.63) is 76.4 Å². The molecule has 2 saturated carbocycles. The highest BCUT2D eigenvalue weighted by Crippen LogP contribution is 2.27. The smallest absolute Gasteiger partial charge is 0.269 e. The van der Waals surface area contributed by atoms with Crippen molar-refractivity contribution in [2.75, 3.05) is 43.4 Å². The van der Waals surface area contributed by atoms with Crippen LogP contribution in [0.5, 0.6) is 0 Å². The van der Waals surface area contributed by atoms with E-state index in [0.717, 1.165) is 109 Å². The first kappa shape index (κ1) is 62.8. The number of fused-ring (bicyclic) bond motifs is 1. The number of unbranched alkanes of at least 4 members (excludes halogenated alkanes) is 6. The van der Waals surface area contributed by atoms with Gasteiger partial charge in [0.15, 0.2) is 10.9 Å². The second kappa shape index (κ2) is 35.5. The highest BCUT2D eigenvalue weighted by Gasteiger charge is 2.34. The zero-order chi connectivity index (χ0) is 55.9. The average Bonchev–Trinajstić information content (AvgIpc) is 4.27. The fourth-order valence-corrected chi connectivity index (χ4v) is 10.4. The molecule has 78 heavy (non-hydrogen) atoms. The van der Waals surface area contributed by atoms with Crippen LogP contribution in [0.2, 0.25) is 0 Å². The molecule has 0 unspecified atom stereocenters. The van der Waals surface area contributed by atoms with E-state index in [4.69, 9.17) is 17.5 Å². The van der Waals surface area contributed by atoms with Gasteiger partial charge in [-0.3, -0.25) is 43.6 Å². The molecule has 1 aromatic carbocycles. The Labute approximate surface area is 468 Å². The minimum atomic E-state index is -0.204. The number of hydrogen-bond acceptors (Lipinski definition) is 13. The molecule has 3 aromatic heterocycles. The highest BCUT2D eigenvalue weighted by molar-refractivity contribution is 7.13. The predicted molar refractivity (Wildman–Crippen MR) is 305 cm³/mol. The summed E-state index contributed by atoms with van der Waals surface area (Å²) in [6.45, 7) is 7.91. The number of imide groups is 1. The predicted octanol–water partition coefficient (Wildman–Crippen LogP) is 8.22. The number of carbonyl (C=O) groups is 7. The second-order valence-electron chi connectivity index (χ2n) is 20.8. The van der Waals surface area contributed by atoms with Crippen molar-refractivity contribution in [2.45, 2.75) is 174 Å². The Morgan fingerprint density at radius 2 is 1.38 bits per heavy atom. The number of aromatic amines is 1. The average molecular weight is 1120 g/mol. The van der Waals surface area contributed by atoms with Gasteiger partial charge in [-0.05, 0) is 106 Å². The van der Waals surface area contributed by atoms with E-state index in [1.165, 1.54) is 54.8 Å². The Hall–Kier alpha value is -6.03. The molecule has 9 N–H and O–H groups in total. The van der Waals surface area contributed by atoms with Gasteiger partial charge in [0.2, 0.25) is 23.6 Å². The van der Waals surface area contributed by atoms with Gasteiger partial charge in [-0.1, -0.05) is 83.8 Å². The Morgan fingerprint density at radius 1 is 0.744 bits per heavy atom. The van der Waals surface area contributed by atoms with Crippen molar-refractivity contribution < 1.29 is 33.6 Å². The standard InChI is InChI=1S/C23H28N4O3.C18H31N5O2.C15H25ClN4O2S/c28-21(25-17-8-2-1-3-9-17)14-18-15-26(16-24-18)12-6-7-13-27-22(29)19-10-4-5-11-20(19)23(27)30;19-10-6-1-2-7-11-20-18(25)15-13-16(23-22-15)21-17(24)12-14-8-4-3-5-9-14;1-11(2)8-14(22)20-15-19-12(10-23-15)9-13(21)17-6-4-3-5-7-18-16/h4-5,10-11,15-17H,1-3,6-9,12-14H2,(H,25,28);13-14H,1-12,19H2,(H,20,25)(H2,21,22,23,24);10-11,18H,3-9H2,1-2H3,(H,17,21)(H,19,20,22). The van der Waals surface area contributed by atoms with Gasteiger partial charge >= 0.3 is 0 Å². The van der Waals surface area contributed by atoms with Crippen LogP contribution in [-0.2, 0) is 38.6 Å². The van der Waals surface area contributed by atoms with Gasteiger partial charge in [0.05, 0.1) is 41.7 Å². The number of benzene rings is 1. The summed E-state index contributed by atoms with van der Waals surface area (Å²) in [6.07, 6.45) is 25.6. The first-order chi connectivity index (χ1) is 37.8. The van der Waals surface area contributed by atoms with Gasteiger partial charge in [-0.15, -0.1) is 11.3 Å². The van der Waals surface area contributed by atoms with Crippen molar-refractivity contribution in [2.24, 2.45) is 17.6 Å². The number of hydrogen-bond donors (Lipinski definition) is 8. The summed E-state index contributed by atoms with van der Waals surface area (Å²) in [5.74, 6) is 0.516. The number of aryl methyl sites for hydroxylation is 1. The normalized spacial score (nSPS) is 14.4. The number of halogens is 1. The van der Waals surface area contributed by atoms with Crippen LogP contribution in [0.4, 0.5) is 10.9 Å². The van der Waals surface area contributed by atoms with Gasteiger partial charge in [0.1, 0.15) is 5.69 Å². The minimum Gasteiger partial charge on any atom is -0.356 e. The van der Waals surface area contributed by atoms with Gasteiger partial charge in [0, 0.05) is 69.3 Å². The number of nitrogens with one attached hydrogen (secondary N) is 7. The zero-order valence-electron chi connectivity index (χ0n) is 45.8. The lowest BCUT2D eigenvalue weighted by Gasteiger charge is -2.22. The van der Waals surface area contributed by atoms with E-state index in [1.54, 1.807) is 42.0 Å². The van der Waals surface area contributed by atoms with Crippen LogP contribution in [0.1, 0.15) is 191 Å². The minimum absolute atomic E-state index is 0.0229. The topological polar surface area (TPSA) is 280 Å². The lowest BCUT2D eigenvalue weighted by atomic mass is 9.87. The molecule has 4 heterocycles. The van der Waals surface area contributed by atoms with Gasteiger partial charge < -0.3 is 36.9 Å². The molecule has 3 aliphatic rings. The number of imidazole rings is 1. The molecular formula is C56H84ClN13O7S. The maximum atomic E-state index is 12.4. The van der Waals surface area contributed by atoms with Crippen LogP contribution in [0, 0.1) is 11.8 Å². The van der Waals surface area contributed by atoms with Crippen LogP contribution in [0.25, 0.3) is 0 Å². The van der Waals surface area contributed by atoms with E-state index in [9.17, 15) is 33.6 Å². The van der Waals surface area contributed by atoms with Gasteiger partial charge in [0.25, 0.3) is 17.7 Å². The summed E-state index contributed by atoms with van der Waals surface area (Å²) in [5.41, 5.74) is 8.25. The van der Waals surface area contributed by atoms with Crippen LogP contribution in [-0.4, -0.2) is 110 Å². The number of aromatic nitrogens is 5. The second-order valence-corrected chi connectivity index (χ2v) is 22.0. The zero-order valence-corrected chi connectivity index (χ0v) is 47.4. The highest BCUT2D eigenvalue weighted by atomic mass is 35.5. The van der Waals surface area contributed by atoms with Crippen molar-refractivity contribution in [3.8, 4) is 0 Å².